The highest BCUT2D eigenvalue weighted by Crippen LogP contribution is 2.17. The topological polar surface area (TPSA) is 84.6 Å². The number of aromatic nitrogens is 2. The number of anilines is 2. The molecule has 0 bridgehead atoms. The number of rotatable bonds is 5. The first-order valence-corrected chi connectivity index (χ1v) is 9.39. The third kappa shape index (κ3) is 5.49. The molecule has 8 heteroatoms. The zero-order chi connectivity index (χ0) is 20.5. The number of benzene rings is 1. The van der Waals surface area contributed by atoms with E-state index in [4.69, 9.17) is 21.4 Å². The lowest BCUT2D eigenvalue weighted by Gasteiger charge is -2.01. The summed E-state index contributed by atoms with van der Waals surface area (Å²) in [5, 5.41) is 5.88. The number of oxazole rings is 1. The van der Waals surface area contributed by atoms with Gasteiger partial charge < -0.3 is 19.8 Å². The molecule has 2 N–H and O–H groups in total. The lowest BCUT2D eigenvalue weighted by atomic mass is 10.2. The van der Waals surface area contributed by atoms with E-state index < -0.39 is 0 Å². The van der Waals surface area contributed by atoms with Crippen molar-refractivity contribution in [2.24, 2.45) is 4.99 Å². The number of hydrogen-bond donors (Lipinski definition) is 2. The second-order valence-corrected chi connectivity index (χ2v) is 6.07. The van der Waals surface area contributed by atoms with Gasteiger partial charge in [0.2, 0.25) is 5.89 Å². The first kappa shape index (κ1) is 20.2. The largest absolute Gasteiger partial charge is 0.497 e. The normalized spacial score (nSPS) is 11.5. The van der Waals surface area contributed by atoms with E-state index in [0.29, 0.717) is 22.6 Å². The maximum atomic E-state index is 5.71. The summed E-state index contributed by atoms with van der Waals surface area (Å²) in [4.78, 5) is 12.7. The van der Waals surface area contributed by atoms with Gasteiger partial charge in [0.05, 0.1) is 12.6 Å². The van der Waals surface area contributed by atoms with Crippen LogP contribution in [0.4, 0.5) is 11.5 Å². The Hall–Kier alpha value is -3.52. The molecule has 1 aliphatic rings. The van der Waals surface area contributed by atoms with Crippen molar-refractivity contribution in [2.45, 2.75) is 6.42 Å². The zero-order valence-corrected chi connectivity index (χ0v) is 16.9. The molecule has 1 aliphatic heterocycles. The van der Waals surface area contributed by atoms with E-state index in [0.717, 1.165) is 23.4 Å². The minimum atomic E-state index is 0.523. The molecule has 1 aromatic carbocycles. The number of nitrogens with zero attached hydrogens (tertiary/aromatic N) is 3. The Labute approximate surface area is 173 Å². The van der Waals surface area contributed by atoms with Gasteiger partial charge in [-0.1, -0.05) is 24.4 Å². The number of ether oxygens (including phenoxy) is 1. The molecule has 0 radical (unpaired) electrons. The molecule has 0 saturated heterocycles. The summed E-state index contributed by atoms with van der Waals surface area (Å²) in [6, 6.07) is 11.5. The van der Waals surface area contributed by atoms with Gasteiger partial charge in [0.25, 0.3) is 0 Å². The third-order valence-corrected chi connectivity index (χ3v) is 4.07. The first-order valence-electron chi connectivity index (χ1n) is 8.92. The van der Waals surface area contributed by atoms with Gasteiger partial charge in [-0.3, -0.25) is 0 Å². The molecule has 0 fully saturated rings. The minimum absolute atomic E-state index is 0.523. The highest BCUT2D eigenvalue weighted by Gasteiger charge is 2.07. The van der Waals surface area contributed by atoms with Crippen LogP contribution >= 0.6 is 12.2 Å². The Balaban J connectivity index is 0.000000204. The van der Waals surface area contributed by atoms with Crippen molar-refractivity contribution >= 4 is 35.3 Å². The van der Waals surface area contributed by atoms with Crippen LogP contribution in [-0.4, -0.2) is 29.6 Å². The number of fused-ring (bicyclic) bond motifs is 1. The fourth-order valence-electron chi connectivity index (χ4n) is 2.51. The van der Waals surface area contributed by atoms with Crippen LogP contribution in [0.15, 0.2) is 64.3 Å². The summed E-state index contributed by atoms with van der Waals surface area (Å²) < 4.78 is 10.7. The highest BCUT2D eigenvalue weighted by molar-refractivity contribution is 7.79. The summed E-state index contributed by atoms with van der Waals surface area (Å²) in [6.45, 7) is 0. The molecule has 2 aromatic heterocycles. The summed E-state index contributed by atoms with van der Waals surface area (Å²) in [7, 11) is 3.55. The molecule has 0 saturated carbocycles. The predicted octanol–water partition coefficient (Wildman–Crippen LogP) is 3.16. The molecule has 7 nitrogen and oxygen atoms in total. The number of methoxy groups -OCH3 is 1. The number of hydrogen-bond acceptors (Lipinski definition) is 7. The summed E-state index contributed by atoms with van der Waals surface area (Å²) in [6.07, 6.45) is 8.10. The van der Waals surface area contributed by atoms with Crippen molar-refractivity contribution in [3.8, 4) is 17.2 Å². The Morgan fingerprint density at radius 1 is 1.24 bits per heavy atom. The lowest BCUT2D eigenvalue weighted by Crippen LogP contribution is -2.21. The van der Waals surface area contributed by atoms with Crippen LogP contribution in [0.2, 0.25) is 0 Å². The van der Waals surface area contributed by atoms with Gasteiger partial charge in [-0.05, 0) is 36.8 Å². The first-order chi connectivity index (χ1) is 14.2. The number of pyridine rings is 1. The van der Waals surface area contributed by atoms with Gasteiger partial charge in [0.1, 0.15) is 11.6 Å². The van der Waals surface area contributed by atoms with Crippen LogP contribution in [0.25, 0.3) is 17.5 Å². The number of allylic oxidation sites excluding steroid dienone is 1. The molecular weight excluding hydrogens is 386 g/mol. The summed E-state index contributed by atoms with van der Waals surface area (Å²) >= 11 is 4.74. The van der Waals surface area contributed by atoms with E-state index >= 15 is 0 Å². The standard InChI is InChI=1S/C13H10N4OS.C8H11NO/c19-8-16-11-7-9(4-6-14-11)13-17-12-10(18-13)3-1-2-5-15-12;1-9-7-4-3-5-8(6-7)10-2/h2-8H,1H2,(H,14,16,19);3-6,9H,1-2H3. The van der Waals surface area contributed by atoms with Crippen molar-refractivity contribution in [3.63, 3.8) is 0 Å². The second kappa shape index (κ2) is 10.1. The Kier molecular flexibility index (Phi) is 7.07. The van der Waals surface area contributed by atoms with E-state index in [9.17, 15) is 0 Å². The van der Waals surface area contributed by atoms with E-state index in [1.807, 2.05) is 55.6 Å². The third-order valence-electron chi connectivity index (χ3n) is 3.95. The maximum Gasteiger partial charge on any atom is 0.229 e. The van der Waals surface area contributed by atoms with Crippen molar-refractivity contribution in [2.75, 3.05) is 24.8 Å². The molecule has 148 valence electrons. The Bertz CT molecular complexity index is 1100. The van der Waals surface area contributed by atoms with Crippen LogP contribution in [0.3, 0.4) is 0 Å². The predicted molar refractivity (Wildman–Crippen MR) is 119 cm³/mol. The molecule has 0 spiro atoms. The fourth-order valence-corrected chi connectivity index (χ4v) is 2.63. The molecular formula is C21H21N5O2S. The Morgan fingerprint density at radius 3 is 2.93 bits per heavy atom. The molecule has 0 unspecified atom stereocenters. The summed E-state index contributed by atoms with van der Waals surface area (Å²) in [5.41, 5.74) is 4.60. The smallest absolute Gasteiger partial charge is 0.229 e. The van der Waals surface area contributed by atoms with Gasteiger partial charge in [-0.25, -0.2) is 9.98 Å². The van der Waals surface area contributed by atoms with Crippen molar-refractivity contribution < 1.29 is 9.15 Å². The monoisotopic (exact) mass is 407 g/mol. The lowest BCUT2D eigenvalue weighted by molar-refractivity contribution is 0.415. The Morgan fingerprint density at radius 2 is 2.14 bits per heavy atom. The average molecular weight is 407 g/mol. The second-order valence-electron chi connectivity index (χ2n) is 5.83. The minimum Gasteiger partial charge on any atom is -0.497 e. The van der Waals surface area contributed by atoms with Gasteiger partial charge in [-0.15, -0.1) is 0 Å². The molecule has 3 aromatic rings. The zero-order valence-electron chi connectivity index (χ0n) is 16.1. The van der Waals surface area contributed by atoms with Gasteiger partial charge >= 0.3 is 0 Å². The van der Waals surface area contributed by atoms with Gasteiger partial charge in [0, 0.05) is 36.8 Å². The van der Waals surface area contributed by atoms with Crippen LogP contribution < -0.4 is 26.3 Å². The van der Waals surface area contributed by atoms with Crippen LogP contribution in [-0.2, 0) is 0 Å². The molecule has 29 heavy (non-hydrogen) atoms. The molecule has 3 heterocycles. The highest BCUT2D eigenvalue weighted by atomic mass is 32.1. The van der Waals surface area contributed by atoms with Crippen molar-refractivity contribution in [3.05, 3.63) is 65.8 Å². The van der Waals surface area contributed by atoms with Crippen molar-refractivity contribution in [1.82, 2.24) is 9.97 Å². The van der Waals surface area contributed by atoms with Crippen LogP contribution in [0.1, 0.15) is 6.42 Å². The van der Waals surface area contributed by atoms with Gasteiger partial charge in [-0.2, -0.15) is 4.98 Å². The van der Waals surface area contributed by atoms with Gasteiger partial charge in [0.15, 0.2) is 10.9 Å². The molecule has 0 aliphatic carbocycles. The quantitative estimate of drug-likeness (QED) is 0.629. The van der Waals surface area contributed by atoms with E-state index in [2.05, 4.69) is 25.6 Å². The van der Waals surface area contributed by atoms with E-state index in [-0.39, 0.29) is 0 Å². The SMILES string of the molecule is CNc1cccc(OC)c1.S=CNc1cc(-c2nc3c(o2)=CCC=CN=3)ccn1. The molecule has 0 amide bonds. The number of nitrogens with one attached hydrogen (secondary N) is 2. The molecule has 4 rings (SSSR count). The van der Waals surface area contributed by atoms with E-state index in [1.54, 1.807) is 19.5 Å². The average Bonchev–Trinajstić information content (AvgIpc) is 3.05. The van der Waals surface area contributed by atoms with Crippen LogP contribution in [0.5, 0.6) is 5.75 Å². The number of thiocarbonyl (C=S) groups is 1. The summed E-state index contributed by atoms with van der Waals surface area (Å²) in [5.74, 6) is 2.06. The molecule has 0 atom stereocenters. The fraction of sp³-hybridized carbons (Fsp3) is 0.143. The van der Waals surface area contributed by atoms with Crippen LogP contribution in [0, 0.1) is 0 Å². The maximum absolute atomic E-state index is 5.71. The van der Waals surface area contributed by atoms with Crippen molar-refractivity contribution in [1.29, 1.82) is 0 Å². The van der Waals surface area contributed by atoms with E-state index in [1.165, 1.54) is 5.49 Å².